The Kier molecular flexibility index (Phi) is 5.98. The minimum absolute atomic E-state index is 0.0470. The summed E-state index contributed by atoms with van der Waals surface area (Å²) >= 11 is 12.6. The van der Waals surface area contributed by atoms with E-state index in [1.165, 1.54) is 0 Å². The Hall–Kier alpha value is -3.42. The van der Waals surface area contributed by atoms with Gasteiger partial charge in [0.25, 0.3) is 0 Å². The maximum atomic E-state index is 12.6. The number of hydrogen-bond acceptors (Lipinski definition) is 5. The molecule has 5 rings (SSSR count). The van der Waals surface area contributed by atoms with Gasteiger partial charge in [0.2, 0.25) is 11.8 Å². The highest BCUT2D eigenvalue weighted by atomic mass is 35.5. The van der Waals surface area contributed by atoms with Crippen LogP contribution in [0.2, 0.25) is 10.0 Å². The molecule has 1 fully saturated rings. The number of rotatable bonds is 6. The fourth-order valence-electron chi connectivity index (χ4n) is 4.24. The summed E-state index contributed by atoms with van der Waals surface area (Å²) in [5, 5.41) is 3.01. The summed E-state index contributed by atoms with van der Waals surface area (Å²) in [6.45, 7) is 0.448. The summed E-state index contributed by atoms with van der Waals surface area (Å²) in [5.74, 6) is -1.10. The lowest BCUT2D eigenvalue weighted by atomic mass is 10.1. The van der Waals surface area contributed by atoms with Crippen molar-refractivity contribution in [3.63, 3.8) is 0 Å². The van der Waals surface area contributed by atoms with E-state index in [-0.39, 0.29) is 43.5 Å². The third-order valence-electron chi connectivity index (χ3n) is 5.91. The number of ether oxygens (including phenoxy) is 1. The van der Waals surface area contributed by atoms with Crippen molar-refractivity contribution in [1.82, 2.24) is 14.5 Å². The van der Waals surface area contributed by atoms with Crippen LogP contribution < -0.4 is 0 Å². The number of carbonyl (C=O) groups excluding carboxylic acids is 3. The first-order valence-corrected chi connectivity index (χ1v) is 11.5. The molecular weight excluding hydrogens is 477 g/mol. The third kappa shape index (κ3) is 4.13. The zero-order valence-electron chi connectivity index (χ0n) is 18.0. The Balaban J connectivity index is 1.43. The minimum atomic E-state index is -0.615. The fraction of sp³-hybridized carbons (Fsp3) is 0.200. The molecule has 1 aliphatic heterocycles. The molecule has 7 nitrogen and oxygen atoms in total. The van der Waals surface area contributed by atoms with Crippen molar-refractivity contribution < 1.29 is 19.1 Å². The molecule has 0 bridgehead atoms. The number of hydrogen-bond donors (Lipinski definition) is 0. The largest absolute Gasteiger partial charge is 0.459 e. The minimum Gasteiger partial charge on any atom is -0.459 e. The first-order valence-electron chi connectivity index (χ1n) is 10.7. The molecule has 4 aromatic rings. The van der Waals surface area contributed by atoms with E-state index in [9.17, 15) is 14.4 Å². The maximum absolute atomic E-state index is 12.6. The summed E-state index contributed by atoms with van der Waals surface area (Å²) in [4.78, 5) is 41.5. The normalized spacial score (nSPS) is 13.9. The fourth-order valence-corrected chi connectivity index (χ4v) is 4.61. The van der Waals surface area contributed by atoms with Crippen LogP contribution in [0.3, 0.4) is 0 Å². The van der Waals surface area contributed by atoms with Crippen LogP contribution in [0.5, 0.6) is 0 Å². The predicted molar refractivity (Wildman–Crippen MR) is 129 cm³/mol. The molecule has 2 aromatic heterocycles. The lowest BCUT2D eigenvalue weighted by Crippen LogP contribution is -2.32. The average Bonchev–Trinajstić information content (AvgIpc) is 3.32. The van der Waals surface area contributed by atoms with Crippen LogP contribution in [0.15, 0.2) is 54.7 Å². The number of aromatic nitrogens is 2. The van der Waals surface area contributed by atoms with Gasteiger partial charge in [-0.25, -0.2) is 9.78 Å². The highest BCUT2D eigenvalue weighted by molar-refractivity contribution is 6.33. The standard InChI is InChI=1S/C25H19Cl2N3O4/c26-16-5-6-19(27)15(11-16)14-30-21-4-2-1-3-17(21)18-12-20(28-13-22(18)30)25(33)34-10-9-29-23(31)7-8-24(29)32/h1-6,11-13H,7-10,14H2. The molecule has 0 aliphatic carbocycles. The van der Waals surface area contributed by atoms with Crippen molar-refractivity contribution in [1.29, 1.82) is 0 Å². The number of halogens is 2. The number of nitrogens with zero attached hydrogens (tertiary/aromatic N) is 3. The van der Waals surface area contributed by atoms with Crippen molar-refractivity contribution in [2.45, 2.75) is 19.4 Å². The third-order valence-corrected chi connectivity index (χ3v) is 6.51. The second-order valence-electron chi connectivity index (χ2n) is 8.00. The second-order valence-corrected chi connectivity index (χ2v) is 8.84. The van der Waals surface area contributed by atoms with Gasteiger partial charge in [-0.3, -0.25) is 14.5 Å². The van der Waals surface area contributed by atoms with Crippen LogP contribution in [-0.2, 0) is 20.9 Å². The van der Waals surface area contributed by atoms with Crippen molar-refractivity contribution in [2.24, 2.45) is 0 Å². The first-order chi connectivity index (χ1) is 16.4. The second kappa shape index (κ2) is 9.08. The molecule has 0 unspecified atom stereocenters. The number of para-hydroxylation sites is 1. The molecule has 0 N–H and O–H groups in total. The van der Waals surface area contributed by atoms with Crippen LogP contribution in [0.1, 0.15) is 28.9 Å². The Morgan fingerprint density at radius 2 is 1.74 bits per heavy atom. The van der Waals surface area contributed by atoms with Crippen LogP contribution >= 0.6 is 23.2 Å². The van der Waals surface area contributed by atoms with Crippen LogP contribution in [0.25, 0.3) is 21.8 Å². The number of amides is 2. The topological polar surface area (TPSA) is 81.5 Å². The molecule has 0 saturated carbocycles. The maximum Gasteiger partial charge on any atom is 0.357 e. The van der Waals surface area contributed by atoms with Gasteiger partial charge < -0.3 is 9.30 Å². The Morgan fingerprint density at radius 3 is 2.53 bits per heavy atom. The summed E-state index contributed by atoms with van der Waals surface area (Å²) in [6, 6.07) is 14.9. The molecule has 2 amide bonds. The summed E-state index contributed by atoms with van der Waals surface area (Å²) in [6.07, 6.45) is 2.04. The van der Waals surface area contributed by atoms with E-state index in [0.29, 0.717) is 16.6 Å². The number of imide groups is 1. The zero-order chi connectivity index (χ0) is 23.8. The van der Waals surface area contributed by atoms with E-state index in [1.807, 2.05) is 30.3 Å². The lowest BCUT2D eigenvalue weighted by Gasteiger charge is -2.13. The molecule has 0 atom stereocenters. The smallest absolute Gasteiger partial charge is 0.357 e. The molecule has 0 spiro atoms. The van der Waals surface area contributed by atoms with Crippen molar-refractivity contribution in [3.05, 3.63) is 76.0 Å². The van der Waals surface area contributed by atoms with Gasteiger partial charge in [-0.1, -0.05) is 41.4 Å². The van der Waals surface area contributed by atoms with Crippen molar-refractivity contribution >= 4 is 62.8 Å². The molecule has 2 aromatic carbocycles. The van der Waals surface area contributed by atoms with Crippen molar-refractivity contribution in [3.8, 4) is 0 Å². The predicted octanol–water partition coefficient (Wildman–Crippen LogP) is 4.85. The Morgan fingerprint density at radius 1 is 0.971 bits per heavy atom. The van der Waals surface area contributed by atoms with Gasteiger partial charge in [0, 0.05) is 45.7 Å². The van der Waals surface area contributed by atoms with E-state index in [2.05, 4.69) is 9.55 Å². The molecule has 1 aliphatic rings. The van der Waals surface area contributed by atoms with E-state index in [1.54, 1.807) is 24.4 Å². The van der Waals surface area contributed by atoms with E-state index < -0.39 is 5.97 Å². The van der Waals surface area contributed by atoms with E-state index in [4.69, 9.17) is 27.9 Å². The van der Waals surface area contributed by atoms with Gasteiger partial charge in [-0.2, -0.15) is 0 Å². The molecule has 9 heteroatoms. The SMILES string of the molecule is O=C(OCCN1C(=O)CCC1=O)c1cc2c3ccccc3n(Cc3cc(Cl)ccc3Cl)c2cn1. The highest BCUT2D eigenvalue weighted by Gasteiger charge is 2.28. The van der Waals surface area contributed by atoms with Gasteiger partial charge in [0.1, 0.15) is 12.3 Å². The molecule has 34 heavy (non-hydrogen) atoms. The zero-order valence-corrected chi connectivity index (χ0v) is 19.5. The molecule has 172 valence electrons. The molecular formula is C25H19Cl2N3O4. The number of likely N-dealkylation sites (tertiary alicyclic amines) is 1. The first kappa shape index (κ1) is 22.4. The number of benzene rings is 2. The van der Waals surface area contributed by atoms with Gasteiger partial charge in [-0.05, 0) is 35.9 Å². The van der Waals surface area contributed by atoms with E-state index >= 15 is 0 Å². The van der Waals surface area contributed by atoms with Gasteiger partial charge in [-0.15, -0.1) is 0 Å². The lowest BCUT2D eigenvalue weighted by molar-refractivity contribution is -0.138. The monoisotopic (exact) mass is 495 g/mol. The average molecular weight is 496 g/mol. The van der Waals surface area contributed by atoms with Crippen LogP contribution in [0, 0.1) is 0 Å². The summed E-state index contributed by atoms with van der Waals surface area (Å²) < 4.78 is 7.37. The summed E-state index contributed by atoms with van der Waals surface area (Å²) in [5.41, 5.74) is 2.82. The van der Waals surface area contributed by atoms with Gasteiger partial charge >= 0.3 is 5.97 Å². The molecule has 3 heterocycles. The highest BCUT2D eigenvalue weighted by Crippen LogP contribution is 2.31. The van der Waals surface area contributed by atoms with E-state index in [0.717, 1.165) is 32.3 Å². The number of pyridine rings is 1. The summed E-state index contributed by atoms with van der Waals surface area (Å²) in [7, 11) is 0. The molecule has 0 radical (unpaired) electrons. The van der Waals surface area contributed by atoms with Crippen LogP contribution in [0.4, 0.5) is 0 Å². The number of esters is 1. The molecule has 1 saturated heterocycles. The Labute approximate surface area is 204 Å². The number of fused-ring (bicyclic) bond motifs is 3. The number of carbonyl (C=O) groups is 3. The van der Waals surface area contributed by atoms with Crippen LogP contribution in [-0.4, -0.2) is 45.4 Å². The van der Waals surface area contributed by atoms with Gasteiger partial charge in [0.15, 0.2) is 0 Å². The Bertz CT molecular complexity index is 1450. The van der Waals surface area contributed by atoms with Crippen molar-refractivity contribution in [2.75, 3.05) is 13.2 Å². The quantitative estimate of drug-likeness (QED) is 0.282. The van der Waals surface area contributed by atoms with Gasteiger partial charge in [0.05, 0.1) is 18.3 Å².